The van der Waals surface area contributed by atoms with Crippen molar-refractivity contribution in [1.29, 1.82) is 0 Å². The quantitative estimate of drug-likeness (QED) is 0.245. The Balaban J connectivity index is 1.32. The van der Waals surface area contributed by atoms with Crippen molar-refractivity contribution in [3.8, 4) is 0 Å². The largest absolute Gasteiger partial charge is 0.347 e. The number of rotatable bonds is 8. The standard InChI is InChI=1S/C36H40N6O2/c1-35(2,25-12-16-29(17-13-25)37-31(43)33-39(5)20-21-40(33)6)27-10-9-11-28(24-27)36(3,4)26-14-18-30(19-15-26)38-32(44)34-41(7)22-23-42(34)8/h9-24H,1-8H3/p+2. The van der Waals surface area contributed by atoms with Gasteiger partial charge in [0.25, 0.3) is 0 Å². The first kappa shape index (κ1) is 30.5. The molecule has 8 heteroatoms. The lowest BCUT2D eigenvalue weighted by Crippen LogP contribution is -2.37. The highest BCUT2D eigenvalue weighted by Gasteiger charge is 2.29. The van der Waals surface area contributed by atoms with Crippen molar-refractivity contribution in [3.05, 3.63) is 131 Å². The molecular formula is C36H42N6O2+2. The molecule has 0 aliphatic heterocycles. The van der Waals surface area contributed by atoms with Crippen LogP contribution in [0.1, 0.15) is 71.2 Å². The predicted octanol–water partition coefficient (Wildman–Crippen LogP) is 5.17. The average Bonchev–Trinajstić information content (AvgIpc) is 3.52. The molecule has 5 aromatic rings. The molecule has 2 heterocycles. The minimum Gasteiger partial charge on any atom is -0.315 e. The number of anilines is 2. The fraction of sp³-hybridized carbons (Fsp3) is 0.278. The van der Waals surface area contributed by atoms with Gasteiger partial charge < -0.3 is 10.6 Å². The van der Waals surface area contributed by atoms with Crippen LogP contribution < -0.4 is 19.8 Å². The van der Waals surface area contributed by atoms with Crippen molar-refractivity contribution in [2.24, 2.45) is 28.2 Å². The smallest absolute Gasteiger partial charge is 0.315 e. The zero-order valence-electron chi connectivity index (χ0n) is 26.8. The van der Waals surface area contributed by atoms with Crippen molar-refractivity contribution in [2.75, 3.05) is 10.6 Å². The van der Waals surface area contributed by atoms with Gasteiger partial charge in [0.2, 0.25) is 0 Å². The van der Waals surface area contributed by atoms with E-state index in [-0.39, 0.29) is 22.6 Å². The van der Waals surface area contributed by atoms with E-state index in [0.717, 1.165) is 22.5 Å². The first-order chi connectivity index (χ1) is 20.8. The van der Waals surface area contributed by atoms with Gasteiger partial charge in [0.1, 0.15) is 24.8 Å². The van der Waals surface area contributed by atoms with Gasteiger partial charge in [0.05, 0.1) is 28.2 Å². The molecule has 44 heavy (non-hydrogen) atoms. The summed E-state index contributed by atoms with van der Waals surface area (Å²) in [6, 6.07) is 24.9. The summed E-state index contributed by atoms with van der Waals surface area (Å²) in [5.41, 5.74) is 5.69. The first-order valence-corrected chi connectivity index (χ1v) is 14.8. The normalized spacial score (nSPS) is 11.8. The van der Waals surface area contributed by atoms with Gasteiger partial charge in [-0.3, -0.25) is 9.59 Å². The van der Waals surface area contributed by atoms with E-state index < -0.39 is 0 Å². The van der Waals surface area contributed by atoms with E-state index in [0.29, 0.717) is 11.6 Å². The summed E-state index contributed by atoms with van der Waals surface area (Å²) in [4.78, 5) is 25.7. The monoisotopic (exact) mass is 590 g/mol. The van der Waals surface area contributed by atoms with Gasteiger partial charge in [0.15, 0.2) is 0 Å². The number of carbonyl (C=O) groups is 2. The van der Waals surface area contributed by atoms with Gasteiger partial charge in [-0.2, -0.15) is 0 Å². The zero-order valence-corrected chi connectivity index (χ0v) is 26.8. The molecule has 0 saturated heterocycles. The molecule has 226 valence electrons. The topological polar surface area (TPSA) is 75.8 Å². The van der Waals surface area contributed by atoms with E-state index in [1.807, 2.05) is 77.2 Å². The molecule has 0 saturated carbocycles. The van der Waals surface area contributed by atoms with E-state index in [1.54, 1.807) is 18.3 Å². The highest BCUT2D eigenvalue weighted by Crippen LogP contribution is 2.37. The molecule has 0 unspecified atom stereocenters. The Morgan fingerprint density at radius 1 is 0.591 bits per heavy atom. The average molecular weight is 591 g/mol. The van der Waals surface area contributed by atoms with Crippen molar-refractivity contribution < 1.29 is 18.7 Å². The van der Waals surface area contributed by atoms with Crippen LogP contribution in [0.3, 0.4) is 0 Å². The third-order valence-corrected chi connectivity index (χ3v) is 8.81. The van der Waals surface area contributed by atoms with Crippen molar-refractivity contribution in [1.82, 2.24) is 9.13 Å². The highest BCUT2D eigenvalue weighted by molar-refractivity contribution is 6.01. The Morgan fingerprint density at radius 3 is 1.27 bits per heavy atom. The second-order valence-electron chi connectivity index (χ2n) is 12.6. The zero-order chi connectivity index (χ0) is 31.8. The van der Waals surface area contributed by atoms with Gasteiger partial charge in [0, 0.05) is 22.2 Å². The lowest BCUT2D eigenvalue weighted by atomic mass is 9.73. The fourth-order valence-electron chi connectivity index (χ4n) is 5.77. The number of benzene rings is 3. The van der Waals surface area contributed by atoms with Crippen LogP contribution in [0, 0.1) is 0 Å². The summed E-state index contributed by atoms with van der Waals surface area (Å²) in [6.07, 6.45) is 7.43. The molecule has 2 N–H and O–H groups in total. The highest BCUT2D eigenvalue weighted by atomic mass is 16.2. The van der Waals surface area contributed by atoms with Crippen LogP contribution in [-0.2, 0) is 39.0 Å². The molecule has 8 nitrogen and oxygen atoms in total. The Morgan fingerprint density at radius 2 is 0.955 bits per heavy atom. The number of nitrogens with one attached hydrogen (secondary N) is 2. The van der Waals surface area contributed by atoms with Gasteiger partial charge in [-0.05, 0) is 46.5 Å². The molecular weight excluding hydrogens is 548 g/mol. The molecule has 2 aromatic heterocycles. The SMILES string of the molecule is Cn1cc[n+](C)c1C(=O)Nc1ccc(C(C)(C)c2cccc(C(C)(C)c3ccc(NC(=O)c4n(C)cc[n+]4C)cc3)c2)cc1. The second-order valence-corrected chi connectivity index (χ2v) is 12.6. The van der Waals surface area contributed by atoms with Crippen LogP contribution in [0.4, 0.5) is 11.4 Å². The Kier molecular flexibility index (Phi) is 8.04. The third-order valence-electron chi connectivity index (χ3n) is 8.81. The number of nitrogens with zero attached hydrogens (tertiary/aromatic N) is 4. The van der Waals surface area contributed by atoms with E-state index in [4.69, 9.17) is 0 Å². The van der Waals surface area contributed by atoms with Crippen LogP contribution in [0.15, 0.2) is 97.6 Å². The van der Waals surface area contributed by atoms with Crippen LogP contribution in [0.5, 0.6) is 0 Å². The lowest BCUT2D eigenvalue weighted by Gasteiger charge is -2.31. The maximum absolute atomic E-state index is 12.8. The van der Waals surface area contributed by atoms with Crippen molar-refractivity contribution in [2.45, 2.75) is 38.5 Å². The van der Waals surface area contributed by atoms with Crippen LogP contribution in [0.25, 0.3) is 0 Å². The van der Waals surface area contributed by atoms with E-state index in [1.165, 1.54) is 11.1 Å². The molecule has 0 aliphatic carbocycles. The first-order valence-electron chi connectivity index (χ1n) is 14.8. The molecule has 3 aromatic carbocycles. The number of amides is 2. The number of aromatic nitrogens is 4. The number of aryl methyl sites for hydroxylation is 4. The summed E-state index contributed by atoms with van der Waals surface area (Å²) in [6.45, 7) is 8.89. The van der Waals surface area contributed by atoms with Gasteiger partial charge in [-0.15, -0.1) is 0 Å². The maximum atomic E-state index is 12.8. The lowest BCUT2D eigenvalue weighted by molar-refractivity contribution is -0.672. The van der Waals surface area contributed by atoms with Gasteiger partial charge >= 0.3 is 23.5 Å². The van der Waals surface area contributed by atoms with Crippen molar-refractivity contribution in [3.63, 3.8) is 0 Å². The minimum atomic E-state index is -0.263. The minimum absolute atomic E-state index is 0.150. The summed E-state index contributed by atoms with van der Waals surface area (Å²) in [5.74, 6) is 0.856. The summed E-state index contributed by atoms with van der Waals surface area (Å²) in [7, 11) is 7.43. The van der Waals surface area contributed by atoms with Crippen LogP contribution in [0.2, 0.25) is 0 Å². The molecule has 0 fully saturated rings. The van der Waals surface area contributed by atoms with Gasteiger partial charge in [-0.25, -0.2) is 18.3 Å². The molecule has 5 rings (SSSR count). The Labute approximate surface area is 259 Å². The molecule has 0 spiro atoms. The predicted molar refractivity (Wildman–Crippen MR) is 173 cm³/mol. The number of carbonyl (C=O) groups excluding carboxylic acids is 2. The Bertz CT molecular complexity index is 1660. The van der Waals surface area contributed by atoms with E-state index in [9.17, 15) is 9.59 Å². The van der Waals surface area contributed by atoms with Crippen LogP contribution >= 0.6 is 0 Å². The molecule has 0 radical (unpaired) electrons. The van der Waals surface area contributed by atoms with Crippen LogP contribution in [-0.4, -0.2) is 20.9 Å². The fourth-order valence-corrected chi connectivity index (χ4v) is 5.77. The van der Waals surface area contributed by atoms with E-state index >= 15 is 0 Å². The molecule has 0 bridgehead atoms. The van der Waals surface area contributed by atoms with Crippen molar-refractivity contribution >= 4 is 23.2 Å². The number of hydrogen-bond acceptors (Lipinski definition) is 2. The molecule has 0 aliphatic rings. The van der Waals surface area contributed by atoms with E-state index in [2.05, 4.69) is 86.9 Å². The molecule has 2 amide bonds. The second kappa shape index (κ2) is 11.6. The van der Waals surface area contributed by atoms with Gasteiger partial charge in [-0.1, -0.05) is 76.2 Å². The maximum Gasteiger partial charge on any atom is 0.347 e. The Hall–Kier alpha value is -4.98. The summed E-state index contributed by atoms with van der Waals surface area (Å²) >= 11 is 0. The third kappa shape index (κ3) is 5.80. The summed E-state index contributed by atoms with van der Waals surface area (Å²) < 4.78 is 7.22. The summed E-state index contributed by atoms with van der Waals surface area (Å²) in [5, 5.41) is 6.02. The molecule has 0 atom stereocenters. The number of imidazole rings is 2. The number of hydrogen-bond donors (Lipinski definition) is 2.